The van der Waals surface area contributed by atoms with Crippen molar-refractivity contribution in [1.82, 2.24) is 4.90 Å². The third-order valence-corrected chi connectivity index (χ3v) is 4.42. The molecule has 4 nitrogen and oxygen atoms in total. The minimum absolute atomic E-state index is 0.256. The monoisotopic (exact) mass is 260 g/mol. The number of ether oxygens (including phenoxy) is 2. The average Bonchev–Trinajstić information content (AvgIpc) is 2.68. The quantitative estimate of drug-likeness (QED) is 0.698. The van der Waals surface area contributed by atoms with Crippen LogP contribution in [0.2, 0.25) is 0 Å². The number of hydrogen-bond donors (Lipinski definition) is 0. The molecule has 0 unspecified atom stereocenters. The van der Waals surface area contributed by atoms with E-state index in [1.165, 1.54) is 0 Å². The number of carbonyl (C=O) groups excluding carboxylic acids is 1. The molecule has 0 atom stereocenters. The molecule has 0 radical (unpaired) electrons. The molecular weight excluding hydrogens is 238 g/mol. The summed E-state index contributed by atoms with van der Waals surface area (Å²) in [6.45, 7) is 2.99. The van der Waals surface area contributed by atoms with Gasteiger partial charge in [0, 0.05) is 25.8 Å². The van der Waals surface area contributed by atoms with Gasteiger partial charge in [0.1, 0.15) is 5.75 Å². The lowest BCUT2D eigenvalue weighted by molar-refractivity contribution is -0.164. The van der Waals surface area contributed by atoms with E-state index in [-0.39, 0.29) is 5.91 Å². The maximum Gasteiger partial charge on any atom is 0.222 e. The molecule has 1 spiro atoms. The first kappa shape index (κ1) is 13.2. The van der Waals surface area contributed by atoms with Crippen LogP contribution in [0.4, 0.5) is 0 Å². The summed E-state index contributed by atoms with van der Waals surface area (Å²) >= 11 is 0. The first-order valence-corrected chi connectivity index (χ1v) is 8.42. The fourth-order valence-corrected chi connectivity index (χ4v) is 2.91. The maximum absolute atomic E-state index is 12.0. The zero-order valence-corrected chi connectivity index (χ0v) is 11.6. The van der Waals surface area contributed by atoms with E-state index < -0.39 is 5.79 Å². The van der Waals surface area contributed by atoms with E-state index in [1.54, 1.807) is 0 Å². The highest BCUT2D eigenvalue weighted by atomic mass is 32.2. The summed E-state index contributed by atoms with van der Waals surface area (Å²) in [6.07, 6.45) is 6.52. The number of hydrogen-bond acceptors (Lipinski definition) is 3. The summed E-state index contributed by atoms with van der Waals surface area (Å²) in [7, 11) is 0.395. The van der Waals surface area contributed by atoms with Gasteiger partial charge in [-0.1, -0.05) is 0 Å². The largest absolute Gasteiger partial charge is 0.347 e. The second kappa shape index (κ2) is 5.59. The van der Waals surface area contributed by atoms with Gasteiger partial charge in [0.25, 0.3) is 0 Å². The van der Waals surface area contributed by atoms with Crippen molar-refractivity contribution in [2.45, 2.75) is 25.0 Å². The van der Waals surface area contributed by atoms with Gasteiger partial charge in [0.2, 0.25) is 5.91 Å². The molecule has 17 heavy (non-hydrogen) atoms. The van der Waals surface area contributed by atoms with Crippen molar-refractivity contribution < 1.29 is 14.3 Å². The standard InChI is InChI=1S/C12H22NO3S/c1-17(2)10-7-13-6-5-12(4-3-11(13)14)15-8-9-16-12/h3-10H2,1-2H3/q+1. The minimum Gasteiger partial charge on any atom is -0.347 e. The molecule has 0 saturated carbocycles. The van der Waals surface area contributed by atoms with Crippen molar-refractivity contribution in [3.05, 3.63) is 0 Å². The lowest BCUT2D eigenvalue weighted by atomic mass is 10.1. The first-order chi connectivity index (χ1) is 8.11. The molecule has 2 aliphatic heterocycles. The molecular formula is C12H22NO3S+. The second-order valence-electron chi connectivity index (χ2n) is 4.93. The molecule has 0 bridgehead atoms. The Kier molecular flexibility index (Phi) is 4.33. The summed E-state index contributed by atoms with van der Waals surface area (Å²) in [6, 6.07) is 0. The number of amides is 1. The third kappa shape index (κ3) is 3.36. The van der Waals surface area contributed by atoms with E-state index in [4.69, 9.17) is 9.47 Å². The van der Waals surface area contributed by atoms with Crippen molar-refractivity contribution in [2.75, 3.05) is 44.6 Å². The molecule has 98 valence electrons. The minimum atomic E-state index is -0.454. The van der Waals surface area contributed by atoms with Gasteiger partial charge in [0.05, 0.1) is 32.3 Å². The van der Waals surface area contributed by atoms with E-state index in [2.05, 4.69) is 12.5 Å². The topological polar surface area (TPSA) is 38.8 Å². The lowest BCUT2D eigenvalue weighted by Gasteiger charge is -2.25. The van der Waals surface area contributed by atoms with E-state index in [9.17, 15) is 4.79 Å². The van der Waals surface area contributed by atoms with Crippen LogP contribution in [-0.4, -0.2) is 61.2 Å². The highest BCUT2D eigenvalue weighted by Crippen LogP contribution is 2.31. The van der Waals surface area contributed by atoms with Gasteiger partial charge in [-0.25, -0.2) is 0 Å². The average molecular weight is 260 g/mol. The third-order valence-electron chi connectivity index (χ3n) is 3.42. The summed E-state index contributed by atoms with van der Waals surface area (Å²) in [5.41, 5.74) is 0. The molecule has 0 aromatic carbocycles. The number of likely N-dealkylation sites (tertiary alicyclic amines) is 1. The smallest absolute Gasteiger partial charge is 0.222 e. The molecule has 2 fully saturated rings. The normalized spacial score (nSPS) is 24.6. The molecule has 2 aliphatic rings. The Labute approximate surface area is 106 Å². The second-order valence-corrected chi connectivity index (χ2v) is 7.31. The highest BCUT2D eigenvalue weighted by Gasteiger charge is 2.40. The van der Waals surface area contributed by atoms with Crippen LogP contribution in [0.1, 0.15) is 19.3 Å². The fraction of sp³-hybridized carbons (Fsp3) is 0.917. The van der Waals surface area contributed by atoms with Gasteiger partial charge in [-0.05, 0) is 10.9 Å². The molecule has 0 aliphatic carbocycles. The van der Waals surface area contributed by atoms with Crippen molar-refractivity contribution >= 4 is 16.8 Å². The van der Waals surface area contributed by atoms with Crippen molar-refractivity contribution in [3.63, 3.8) is 0 Å². The van der Waals surface area contributed by atoms with E-state index in [1.807, 2.05) is 4.90 Å². The van der Waals surface area contributed by atoms with Crippen LogP contribution in [0, 0.1) is 0 Å². The zero-order chi connectivity index (χ0) is 12.3. The lowest BCUT2D eigenvalue weighted by Crippen LogP contribution is -2.36. The van der Waals surface area contributed by atoms with Crippen molar-refractivity contribution in [1.29, 1.82) is 0 Å². The fourth-order valence-electron chi connectivity index (χ4n) is 2.33. The molecule has 0 aromatic rings. The van der Waals surface area contributed by atoms with Crippen LogP contribution in [0.5, 0.6) is 0 Å². The van der Waals surface area contributed by atoms with Crippen molar-refractivity contribution in [3.8, 4) is 0 Å². The Balaban J connectivity index is 1.90. The number of rotatable bonds is 3. The number of nitrogens with zero attached hydrogens (tertiary/aromatic N) is 1. The van der Waals surface area contributed by atoms with Crippen LogP contribution in [0.3, 0.4) is 0 Å². The van der Waals surface area contributed by atoms with Crippen LogP contribution < -0.4 is 0 Å². The molecule has 0 aromatic heterocycles. The van der Waals surface area contributed by atoms with Gasteiger partial charge >= 0.3 is 0 Å². The first-order valence-electron chi connectivity index (χ1n) is 6.21. The van der Waals surface area contributed by atoms with Crippen LogP contribution in [0.15, 0.2) is 0 Å². The maximum atomic E-state index is 12.0. The van der Waals surface area contributed by atoms with Gasteiger partial charge < -0.3 is 14.4 Å². The highest BCUT2D eigenvalue weighted by molar-refractivity contribution is 7.95. The summed E-state index contributed by atoms with van der Waals surface area (Å²) in [4.78, 5) is 14.0. The van der Waals surface area contributed by atoms with Gasteiger partial charge in [-0.15, -0.1) is 0 Å². The molecule has 2 saturated heterocycles. The predicted octanol–water partition coefficient (Wildman–Crippen LogP) is 0.620. The molecule has 2 rings (SSSR count). The summed E-state index contributed by atoms with van der Waals surface area (Å²) in [5, 5.41) is 0. The Morgan fingerprint density at radius 3 is 2.65 bits per heavy atom. The Hall–Kier alpha value is -0.260. The predicted molar refractivity (Wildman–Crippen MR) is 69.1 cm³/mol. The van der Waals surface area contributed by atoms with E-state index in [0.717, 1.165) is 25.3 Å². The van der Waals surface area contributed by atoms with E-state index >= 15 is 0 Å². The van der Waals surface area contributed by atoms with Gasteiger partial charge in [-0.2, -0.15) is 0 Å². The zero-order valence-electron chi connectivity index (χ0n) is 10.7. The molecule has 0 N–H and O–H groups in total. The SMILES string of the molecule is C[S+](C)CCN1CCC2(CCC1=O)OCCO2. The Morgan fingerprint density at radius 1 is 1.29 bits per heavy atom. The van der Waals surface area contributed by atoms with Gasteiger partial charge in [0.15, 0.2) is 5.79 Å². The Bertz CT molecular complexity index is 277. The molecule has 2 heterocycles. The van der Waals surface area contributed by atoms with Gasteiger partial charge in [-0.3, -0.25) is 4.79 Å². The van der Waals surface area contributed by atoms with Crippen LogP contribution in [-0.2, 0) is 25.2 Å². The van der Waals surface area contributed by atoms with Crippen LogP contribution >= 0.6 is 0 Å². The number of carbonyl (C=O) groups is 1. The summed E-state index contributed by atoms with van der Waals surface area (Å²) < 4.78 is 11.4. The van der Waals surface area contributed by atoms with E-state index in [0.29, 0.717) is 37.0 Å². The Morgan fingerprint density at radius 2 is 2.00 bits per heavy atom. The van der Waals surface area contributed by atoms with Crippen LogP contribution in [0.25, 0.3) is 0 Å². The molecule has 5 heteroatoms. The summed E-state index contributed by atoms with van der Waals surface area (Å²) in [5.74, 6) is 0.900. The van der Waals surface area contributed by atoms with Crippen molar-refractivity contribution in [2.24, 2.45) is 0 Å². The molecule has 1 amide bonds.